The van der Waals surface area contributed by atoms with Crippen molar-refractivity contribution in [2.45, 2.75) is 37.6 Å². The van der Waals surface area contributed by atoms with Gasteiger partial charge in [-0.3, -0.25) is 14.6 Å². The molecule has 0 amide bonds. The Morgan fingerprint density at radius 1 is 1.22 bits per heavy atom. The van der Waals surface area contributed by atoms with Crippen molar-refractivity contribution >= 4 is 12.2 Å². The monoisotopic (exact) mass is 376 g/mol. The zero-order valence-corrected chi connectivity index (χ0v) is 14.3. The molecule has 11 nitrogen and oxygen atoms in total. The van der Waals surface area contributed by atoms with Gasteiger partial charge in [0, 0.05) is 0 Å². The van der Waals surface area contributed by atoms with Gasteiger partial charge in [-0.15, -0.1) is 0 Å². The topological polar surface area (TPSA) is 148 Å². The fourth-order valence-corrected chi connectivity index (χ4v) is 3.07. The van der Waals surface area contributed by atoms with Gasteiger partial charge < -0.3 is 25.2 Å². The van der Waals surface area contributed by atoms with Gasteiger partial charge in [0.05, 0.1) is 37.9 Å². The van der Waals surface area contributed by atoms with Gasteiger partial charge in [-0.1, -0.05) is 0 Å². The van der Waals surface area contributed by atoms with E-state index in [0.29, 0.717) is 24.6 Å². The molecule has 4 heterocycles. The van der Waals surface area contributed by atoms with E-state index in [1.165, 1.54) is 12.5 Å². The van der Waals surface area contributed by atoms with Crippen LogP contribution in [0.1, 0.15) is 17.6 Å². The largest absolute Gasteiger partial charge is 0.506 e. The number of imidazole rings is 1. The van der Waals surface area contributed by atoms with E-state index in [2.05, 4.69) is 20.4 Å². The van der Waals surface area contributed by atoms with Gasteiger partial charge >= 0.3 is 0 Å². The van der Waals surface area contributed by atoms with Gasteiger partial charge in [-0.25, -0.2) is 15.4 Å². The standard InChI is InChI=1S/C16H20N6O5/c23-6-12-13(25)14(26)16(27-12)22-8-18-11-5-21(7-19-15(11)22)20-3-9-1-2-10(24)4-17-9/h1-2,4,7-8,12-14,16,20,23-26H,3,5-6H2/t12-,13-,14-,16-/m1/s1. The van der Waals surface area contributed by atoms with Crippen LogP contribution in [0.25, 0.3) is 0 Å². The van der Waals surface area contributed by atoms with Crippen LogP contribution in [-0.2, 0) is 17.8 Å². The number of fused-ring (bicyclic) bond motifs is 1. The number of aromatic nitrogens is 3. The zero-order valence-electron chi connectivity index (χ0n) is 14.3. The Balaban J connectivity index is 1.43. The molecule has 2 aliphatic rings. The molecule has 0 saturated carbocycles. The molecule has 0 unspecified atom stereocenters. The van der Waals surface area contributed by atoms with E-state index in [0.717, 1.165) is 5.69 Å². The van der Waals surface area contributed by atoms with Crippen molar-refractivity contribution in [3.05, 3.63) is 36.0 Å². The lowest BCUT2D eigenvalue weighted by Gasteiger charge is -2.24. The summed E-state index contributed by atoms with van der Waals surface area (Å²) < 4.78 is 7.08. The molecule has 27 heavy (non-hydrogen) atoms. The number of aliphatic hydroxyl groups is 3. The first-order valence-electron chi connectivity index (χ1n) is 8.43. The van der Waals surface area contributed by atoms with Crippen LogP contribution in [-0.4, -0.2) is 71.2 Å². The van der Waals surface area contributed by atoms with Crippen molar-refractivity contribution in [2.24, 2.45) is 4.99 Å². The van der Waals surface area contributed by atoms with Crippen molar-refractivity contribution in [2.75, 3.05) is 6.61 Å². The van der Waals surface area contributed by atoms with Crippen LogP contribution in [0.15, 0.2) is 29.6 Å². The Hall–Kier alpha value is -2.57. The summed E-state index contributed by atoms with van der Waals surface area (Å²) in [5, 5.41) is 40.3. The first kappa shape index (κ1) is 17.8. The third-order valence-electron chi connectivity index (χ3n) is 4.54. The third-order valence-corrected chi connectivity index (χ3v) is 4.54. The minimum absolute atomic E-state index is 0.110. The van der Waals surface area contributed by atoms with Gasteiger partial charge in [0.2, 0.25) is 0 Å². The summed E-state index contributed by atoms with van der Waals surface area (Å²) in [7, 11) is 0. The number of hydrogen-bond acceptors (Lipinski definition) is 10. The molecule has 4 atom stereocenters. The Morgan fingerprint density at radius 2 is 2.07 bits per heavy atom. The average molecular weight is 376 g/mol. The van der Waals surface area contributed by atoms with E-state index in [9.17, 15) is 20.4 Å². The fourth-order valence-electron chi connectivity index (χ4n) is 3.07. The van der Waals surface area contributed by atoms with Gasteiger partial charge in [-0.2, -0.15) is 0 Å². The number of aromatic hydroxyl groups is 1. The van der Waals surface area contributed by atoms with Crippen molar-refractivity contribution in [3.8, 4) is 5.75 Å². The lowest BCUT2D eigenvalue weighted by molar-refractivity contribution is -0.0520. The molecule has 4 rings (SSSR count). The van der Waals surface area contributed by atoms with Gasteiger partial charge in [0.25, 0.3) is 0 Å². The lowest BCUT2D eigenvalue weighted by Crippen LogP contribution is -2.37. The number of rotatable bonds is 5. The number of pyridine rings is 1. The van der Waals surface area contributed by atoms with Crippen LogP contribution in [0.3, 0.4) is 0 Å². The average Bonchev–Trinajstić information content (AvgIpc) is 3.22. The highest BCUT2D eigenvalue weighted by molar-refractivity contribution is 5.63. The highest BCUT2D eigenvalue weighted by atomic mass is 16.6. The Morgan fingerprint density at radius 3 is 2.78 bits per heavy atom. The smallest absolute Gasteiger partial charge is 0.165 e. The molecule has 1 saturated heterocycles. The Labute approximate surface area is 154 Å². The second-order valence-electron chi connectivity index (χ2n) is 6.37. The molecule has 0 radical (unpaired) electrons. The van der Waals surface area contributed by atoms with Gasteiger partial charge in [-0.05, 0) is 12.1 Å². The summed E-state index contributed by atoms with van der Waals surface area (Å²) in [4.78, 5) is 12.8. The minimum Gasteiger partial charge on any atom is -0.506 e. The number of ether oxygens (including phenoxy) is 1. The number of aliphatic hydroxyl groups excluding tert-OH is 3. The molecule has 2 aromatic heterocycles. The van der Waals surface area contributed by atoms with E-state index in [1.54, 1.807) is 28.0 Å². The maximum atomic E-state index is 10.2. The summed E-state index contributed by atoms with van der Waals surface area (Å²) in [6, 6.07) is 3.28. The maximum absolute atomic E-state index is 10.2. The van der Waals surface area contributed by atoms with E-state index >= 15 is 0 Å². The molecule has 0 bridgehead atoms. The first-order valence-corrected chi connectivity index (χ1v) is 8.43. The van der Waals surface area contributed by atoms with Crippen LogP contribution in [0.2, 0.25) is 0 Å². The number of nitrogens with one attached hydrogen (secondary N) is 1. The van der Waals surface area contributed by atoms with Crippen molar-refractivity contribution in [1.82, 2.24) is 25.0 Å². The van der Waals surface area contributed by atoms with Gasteiger partial charge in [0.15, 0.2) is 12.0 Å². The quantitative estimate of drug-likeness (QED) is 0.433. The van der Waals surface area contributed by atoms with Crippen LogP contribution in [0.5, 0.6) is 5.75 Å². The molecule has 5 N–H and O–H groups in total. The highest BCUT2D eigenvalue weighted by Crippen LogP contribution is 2.34. The minimum atomic E-state index is -1.19. The third kappa shape index (κ3) is 3.38. The normalized spacial score (nSPS) is 27.1. The second kappa shape index (κ2) is 7.21. The van der Waals surface area contributed by atoms with Crippen molar-refractivity contribution in [1.29, 1.82) is 0 Å². The summed E-state index contributed by atoms with van der Waals surface area (Å²) in [5.74, 6) is 0.629. The molecule has 1 fully saturated rings. The van der Waals surface area contributed by atoms with Crippen molar-refractivity contribution in [3.63, 3.8) is 0 Å². The summed E-state index contributed by atoms with van der Waals surface area (Å²) >= 11 is 0. The number of nitrogens with zero attached hydrogens (tertiary/aromatic N) is 5. The Kier molecular flexibility index (Phi) is 4.76. The summed E-state index contributed by atoms with van der Waals surface area (Å²) in [5.41, 5.74) is 4.57. The number of hydrazine groups is 1. The molecule has 2 aliphatic heterocycles. The van der Waals surface area contributed by atoms with Crippen LogP contribution >= 0.6 is 0 Å². The van der Waals surface area contributed by atoms with Crippen LogP contribution < -0.4 is 5.43 Å². The molecule has 0 aliphatic carbocycles. The second-order valence-corrected chi connectivity index (χ2v) is 6.37. The molecule has 11 heteroatoms. The zero-order chi connectivity index (χ0) is 19.0. The van der Waals surface area contributed by atoms with E-state index in [-0.39, 0.29) is 5.75 Å². The maximum Gasteiger partial charge on any atom is 0.165 e. The predicted molar refractivity (Wildman–Crippen MR) is 91.7 cm³/mol. The van der Waals surface area contributed by atoms with Crippen molar-refractivity contribution < 1.29 is 25.2 Å². The summed E-state index contributed by atoms with van der Waals surface area (Å²) in [6.45, 7) is 0.480. The molecular formula is C16H20N6O5. The fraction of sp³-hybridized carbons (Fsp3) is 0.438. The SMILES string of the molecule is OC[C@H]1O[C@@H](n2cnc3c2N=CN(NCc2ccc(O)cn2)C3)[C@H](O)[C@@H]1O. The Bertz CT molecular complexity index is 825. The number of hydrogen-bond donors (Lipinski definition) is 5. The van der Waals surface area contributed by atoms with E-state index in [4.69, 9.17) is 4.74 Å². The highest BCUT2D eigenvalue weighted by Gasteiger charge is 2.44. The molecular weight excluding hydrogens is 356 g/mol. The molecule has 0 spiro atoms. The van der Waals surface area contributed by atoms with Crippen LogP contribution in [0.4, 0.5) is 5.82 Å². The van der Waals surface area contributed by atoms with E-state index < -0.39 is 31.1 Å². The molecule has 0 aromatic carbocycles. The first-order chi connectivity index (χ1) is 13.1. The lowest BCUT2D eigenvalue weighted by atomic mass is 10.1. The van der Waals surface area contributed by atoms with Crippen LogP contribution in [0, 0.1) is 0 Å². The summed E-state index contributed by atoms with van der Waals surface area (Å²) in [6.07, 6.45) is 0.365. The molecule has 144 valence electrons. The van der Waals surface area contributed by atoms with E-state index in [1.807, 2.05) is 0 Å². The number of aliphatic imine (C=N–C) groups is 1. The van der Waals surface area contributed by atoms with Gasteiger partial charge in [0.1, 0.15) is 36.1 Å². The predicted octanol–water partition coefficient (Wildman–Crippen LogP) is -1.22. The molecule has 2 aromatic rings.